The highest BCUT2D eigenvalue weighted by Gasteiger charge is 2.43. The number of nitrogens with zero attached hydrogens (tertiary/aromatic N) is 2. The molecule has 0 aromatic heterocycles. The minimum absolute atomic E-state index is 0.0430. The van der Waals surface area contributed by atoms with E-state index in [9.17, 15) is 14.4 Å². The van der Waals surface area contributed by atoms with Crippen LogP contribution in [-0.2, 0) is 19.1 Å². The molecule has 2 saturated heterocycles. The monoisotopic (exact) mass is 507 g/mol. The van der Waals surface area contributed by atoms with Crippen LogP contribution in [0.1, 0.15) is 29.5 Å². The molecule has 0 bridgehead atoms. The Bertz CT molecular complexity index is 1260. The predicted molar refractivity (Wildman–Crippen MR) is 141 cm³/mol. The number of rotatable bonds is 5. The van der Waals surface area contributed by atoms with Crippen molar-refractivity contribution in [3.63, 3.8) is 0 Å². The van der Waals surface area contributed by atoms with Crippen LogP contribution in [0.15, 0.2) is 47.4 Å². The normalized spacial score (nSPS) is 21.8. The Morgan fingerprint density at radius 1 is 1.09 bits per heavy atom. The Balaban J connectivity index is 1.42. The molecule has 1 N–H and O–H groups in total. The first-order valence-electron chi connectivity index (χ1n) is 11.5. The number of aryl methyl sites for hydroxylation is 2. The smallest absolute Gasteiger partial charge is 0.267 e. The maximum Gasteiger partial charge on any atom is 0.267 e. The van der Waals surface area contributed by atoms with Crippen molar-refractivity contribution in [1.82, 2.24) is 4.90 Å². The van der Waals surface area contributed by atoms with Crippen LogP contribution in [0.3, 0.4) is 0 Å². The SMILES string of the molecule is Cc1cccc(C)c1NC(=O)CN1C(=O)/C(=C2\SC(=S)N(C[C@H]3CCCO3)C2=O)c2ccccc21. The molecule has 0 saturated carbocycles. The van der Waals surface area contributed by atoms with Gasteiger partial charge in [-0.2, -0.15) is 0 Å². The van der Waals surface area contributed by atoms with Gasteiger partial charge in [-0.25, -0.2) is 0 Å². The second-order valence-corrected chi connectivity index (χ2v) is 10.5. The minimum Gasteiger partial charge on any atom is -0.376 e. The lowest BCUT2D eigenvalue weighted by molar-refractivity contribution is -0.123. The van der Waals surface area contributed by atoms with Gasteiger partial charge in [0.2, 0.25) is 5.91 Å². The highest BCUT2D eigenvalue weighted by Crippen LogP contribution is 2.44. The number of hydrogen-bond donors (Lipinski definition) is 1. The van der Waals surface area contributed by atoms with Gasteiger partial charge in [-0.15, -0.1) is 0 Å². The fraction of sp³-hybridized carbons (Fsp3) is 0.308. The summed E-state index contributed by atoms with van der Waals surface area (Å²) in [6, 6.07) is 13.0. The van der Waals surface area contributed by atoms with E-state index in [1.807, 2.05) is 44.2 Å². The molecular weight excluding hydrogens is 482 g/mol. The molecule has 2 aromatic rings. The lowest BCUT2D eigenvalue weighted by Gasteiger charge is -2.19. The van der Waals surface area contributed by atoms with Crippen LogP contribution >= 0.6 is 24.0 Å². The third-order valence-corrected chi connectivity index (χ3v) is 7.91. The van der Waals surface area contributed by atoms with Crippen molar-refractivity contribution in [3.8, 4) is 0 Å². The van der Waals surface area contributed by atoms with Crippen LogP contribution in [0.25, 0.3) is 5.57 Å². The second kappa shape index (κ2) is 9.56. The molecule has 3 heterocycles. The van der Waals surface area contributed by atoms with Crippen LogP contribution < -0.4 is 10.2 Å². The van der Waals surface area contributed by atoms with Gasteiger partial charge in [-0.1, -0.05) is 60.4 Å². The number of nitrogens with one attached hydrogen (secondary N) is 1. The van der Waals surface area contributed by atoms with Gasteiger partial charge in [0.25, 0.3) is 11.8 Å². The summed E-state index contributed by atoms with van der Waals surface area (Å²) in [5.74, 6) is -0.964. The van der Waals surface area contributed by atoms with Gasteiger partial charge in [0.1, 0.15) is 10.9 Å². The van der Waals surface area contributed by atoms with Crippen molar-refractivity contribution >= 4 is 63.0 Å². The van der Waals surface area contributed by atoms with Gasteiger partial charge < -0.3 is 10.1 Å². The number of thiocarbonyl (C=S) groups is 1. The molecule has 1 atom stereocenters. The number of benzene rings is 2. The summed E-state index contributed by atoms with van der Waals surface area (Å²) in [7, 11) is 0. The lowest BCUT2D eigenvalue weighted by atomic mass is 10.1. The first-order chi connectivity index (χ1) is 16.8. The summed E-state index contributed by atoms with van der Waals surface area (Å²) in [6.07, 6.45) is 1.80. The number of ether oxygens (including phenoxy) is 1. The molecule has 0 unspecified atom stereocenters. The van der Waals surface area contributed by atoms with Crippen molar-refractivity contribution in [3.05, 3.63) is 64.1 Å². The number of amides is 3. The first-order valence-corrected chi connectivity index (χ1v) is 12.7. The number of fused-ring (bicyclic) bond motifs is 1. The van der Waals surface area contributed by atoms with Gasteiger partial charge in [-0.05, 0) is 43.9 Å². The van der Waals surface area contributed by atoms with Crippen molar-refractivity contribution in [2.45, 2.75) is 32.8 Å². The molecule has 7 nitrogen and oxygen atoms in total. The average molecular weight is 508 g/mol. The molecule has 0 spiro atoms. The summed E-state index contributed by atoms with van der Waals surface area (Å²) in [5.41, 5.74) is 4.17. The molecule has 0 aliphatic carbocycles. The Morgan fingerprint density at radius 2 is 1.83 bits per heavy atom. The highest BCUT2D eigenvalue weighted by molar-refractivity contribution is 8.26. The summed E-state index contributed by atoms with van der Waals surface area (Å²) in [4.78, 5) is 43.2. The summed E-state index contributed by atoms with van der Waals surface area (Å²) in [6.45, 7) is 4.76. The zero-order valence-corrected chi connectivity index (χ0v) is 21.1. The number of carbonyl (C=O) groups excluding carboxylic acids is 3. The summed E-state index contributed by atoms with van der Waals surface area (Å²) >= 11 is 6.63. The highest BCUT2D eigenvalue weighted by atomic mass is 32.2. The number of para-hydroxylation sites is 2. The molecule has 3 aliphatic rings. The largest absolute Gasteiger partial charge is 0.376 e. The number of thioether (sulfide) groups is 1. The van der Waals surface area contributed by atoms with E-state index in [1.165, 1.54) is 9.80 Å². The van der Waals surface area contributed by atoms with E-state index in [0.29, 0.717) is 39.2 Å². The Hall–Kier alpha value is -3.01. The van der Waals surface area contributed by atoms with Crippen molar-refractivity contribution < 1.29 is 19.1 Å². The molecule has 35 heavy (non-hydrogen) atoms. The van der Waals surface area contributed by atoms with Crippen LogP contribution in [0.5, 0.6) is 0 Å². The van der Waals surface area contributed by atoms with Crippen LogP contribution in [0, 0.1) is 13.8 Å². The van der Waals surface area contributed by atoms with Gasteiger partial charge >= 0.3 is 0 Å². The number of carbonyl (C=O) groups is 3. The Labute approximate surface area is 213 Å². The van der Waals surface area contributed by atoms with E-state index in [4.69, 9.17) is 17.0 Å². The van der Waals surface area contributed by atoms with E-state index in [0.717, 1.165) is 41.4 Å². The van der Waals surface area contributed by atoms with Gasteiger partial charge in [0, 0.05) is 17.9 Å². The first kappa shape index (κ1) is 23.7. The molecule has 5 rings (SSSR count). The molecule has 2 aromatic carbocycles. The minimum atomic E-state index is -0.375. The Kier molecular flexibility index (Phi) is 6.48. The van der Waals surface area contributed by atoms with Crippen molar-refractivity contribution in [1.29, 1.82) is 0 Å². The average Bonchev–Trinajstić information content (AvgIpc) is 3.51. The molecule has 9 heteroatoms. The maximum absolute atomic E-state index is 13.6. The van der Waals surface area contributed by atoms with Crippen molar-refractivity contribution in [2.75, 3.05) is 29.9 Å². The molecule has 3 aliphatic heterocycles. The van der Waals surface area contributed by atoms with Crippen LogP contribution in [-0.4, -0.2) is 52.7 Å². The molecule has 180 valence electrons. The Morgan fingerprint density at radius 3 is 2.54 bits per heavy atom. The van der Waals surface area contributed by atoms with E-state index in [1.54, 1.807) is 12.1 Å². The van der Waals surface area contributed by atoms with E-state index in [-0.39, 0.29) is 30.4 Å². The third-order valence-electron chi connectivity index (χ3n) is 6.46. The third kappa shape index (κ3) is 4.39. The standard InChI is InChI=1S/C26H25N3O4S2/c1-15-7-5-8-16(2)22(15)27-20(30)14-28-19-11-4-3-10-18(19)21(24(28)31)23-25(32)29(26(34)35-23)13-17-9-6-12-33-17/h3-5,7-8,10-11,17H,6,9,12-14H2,1-2H3,(H,27,30)/b23-21-/t17-/m1/s1. The van der Waals surface area contributed by atoms with E-state index < -0.39 is 0 Å². The molecular formula is C26H25N3O4S2. The lowest BCUT2D eigenvalue weighted by Crippen LogP contribution is -2.36. The van der Waals surface area contributed by atoms with Crippen LogP contribution in [0.2, 0.25) is 0 Å². The zero-order chi connectivity index (χ0) is 24.7. The number of hydrogen-bond acceptors (Lipinski definition) is 6. The van der Waals surface area contributed by atoms with E-state index >= 15 is 0 Å². The fourth-order valence-corrected chi connectivity index (χ4v) is 6.04. The quantitative estimate of drug-likeness (QED) is 0.486. The zero-order valence-electron chi connectivity index (χ0n) is 19.5. The topological polar surface area (TPSA) is 79.0 Å². The second-order valence-electron chi connectivity index (χ2n) is 8.85. The van der Waals surface area contributed by atoms with E-state index in [2.05, 4.69) is 5.32 Å². The summed E-state index contributed by atoms with van der Waals surface area (Å²) in [5, 5.41) is 2.94. The fourth-order valence-electron chi connectivity index (χ4n) is 4.69. The summed E-state index contributed by atoms with van der Waals surface area (Å²) < 4.78 is 6.10. The van der Waals surface area contributed by atoms with Crippen molar-refractivity contribution in [2.24, 2.45) is 0 Å². The molecule has 3 amide bonds. The van der Waals surface area contributed by atoms with Crippen LogP contribution in [0.4, 0.5) is 11.4 Å². The maximum atomic E-state index is 13.6. The predicted octanol–water partition coefficient (Wildman–Crippen LogP) is 4.04. The van der Waals surface area contributed by atoms with Gasteiger partial charge in [-0.3, -0.25) is 24.2 Å². The van der Waals surface area contributed by atoms with Gasteiger partial charge in [0.15, 0.2) is 0 Å². The van der Waals surface area contributed by atoms with Gasteiger partial charge in [0.05, 0.1) is 28.8 Å². The molecule has 2 fully saturated rings. The number of anilines is 2. The molecule has 0 radical (unpaired) electrons.